The summed E-state index contributed by atoms with van der Waals surface area (Å²) in [4.78, 5) is 0. The van der Waals surface area contributed by atoms with Crippen LogP contribution in [0.15, 0.2) is 84.9 Å². The first kappa shape index (κ1) is 25.4. The van der Waals surface area contributed by atoms with Crippen LogP contribution >= 0.6 is 0 Å². The number of nitrogens with zero attached hydrogens (tertiary/aromatic N) is 1. The fraction of sp³-hybridized carbons (Fsp3) is 0.120. The monoisotopic (exact) mass is 497 g/mol. The minimum Gasteiger partial charge on any atom is -1.00 e. The van der Waals surface area contributed by atoms with Gasteiger partial charge < -0.3 is 29.4 Å². The van der Waals surface area contributed by atoms with E-state index < -0.39 is 0 Å². The molecule has 0 aliphatic carbocycles. The number of hydrogen-bond acceptors (Lipinski definition) is 0. The molecular weight excluding hydrogens is 476 g/mol. The third-order valence-electron chi connectivity index (χ3n) is 5.07. The number of aromatic nitrogens is 1. The Hall–Kier alpha value is -1.60. The standard InChI is InChI=1S/C18H14N.C7H9.2ClH.Zr/c1-13-10-16-8-4-5-9-18(16)19(13)17-11-14-6-2-3-7-15(14)12-17;1-6-4-3-5-7(6)2;;;/h2-12H,1H3;3-5H,1-2H3;2*1H;/q2*-1;;;+4/p-2. The van der Waals surface area contributed by atoms with Gasteiger partial charge >= 0.3 is 26.2 Å². The molecule has 0 atom stereocenters. The van der Waals surface area contributed by atoms with Crippen LogP contribution in [-0.2, 0) is 26.2 Å². The van der Waals surface area contributed by atoms with Gasteiger partial charge in [0.15, 0.2) is 0 Å². The van der Waals surface area contributed by atoms with Gasteiger partial charge in [0, 0.05) is 11.1 Å². The summed E-state index contributed by atoms with van der Waals surface area (Å²) in [5.41, 5.74) is 6.58. The van der Waals surface area contributed by atoms with E-state index in [1.165, 1.54) is 44.2 Å². The average molecular weight is 500 g/mol. The maximum absolute atomic E-state index is 2.33. The van der Waals surface area contributed by atoms with E-state index in [9.17, 15) is 0 Å². The number of aryl methyl sites for hydroxylation is 3. The molecule has 0 aliphatic rings. The van der Waals surface area contributed by atoms with Crippen molar-refractivity contribution >= 4 is 21.7 Å². The van der Waals surface area contributed by atoms with Crippen molar-refractivity contribution in [1.29, 1.82) is 0 Å². The molecule has 1 heterocycles. The van der Waals surface area contributed by atoms with E-state index in [-0.39, 0.29) is 51.0 Å². The van der Waals surface area contributed by atoms with E-state index in [1.807, 2.05) is 0 Å². The summed E-state index contributed by atoms with van der Waals surface area (Å²) in [7, 11) is 0. The van der Waals surface area contributed by atoms with Crippen LogP contribution in [0.2, 0.25) is 0 Å². The van der Waals surface area contributed by atoms with Gasteiger partial charge in [-0.2, -0.15) is 17.2 Å². The van der Waals surface area contributed by atoms with Crippen LogP contribution in [0.3, 0.4) is 0 Å². The van der Waals surface area contributed by atoms with Crippen molar-refractivity contribution in [1.82, 2.24) is 4.57 Å². The molecule has 0 N–H and O–H groups in total. The zero-order valence-electron chi connectivity index (χ0n) is 16.8. The summed E-state index contributed by atoms with van der Waals surface area (Å²) in [6, 6.07) is 30.1. The average Bonchev–Trinajstić information content (AvgIpc) is 3.31. The predicted octanol–water partition coefficient (Wildman–Crippen LogP) is 0.839. The van der Waals surface area contributed by atoms with Gasteiger partial charge in [-0.3, -0.25) is 0 Å². The molecular formula is C25H23Cl2NZr. The Morgan fingerprint density at radius 2 is 1.45 bits per heavy atom. The number of benzene rings is 2. The Morgan fingerprint density at radius 3 is 2.03 bits per heavy atom. The zero-order valence-corrected chi connectivity index (χ0v) is 20.8. The molecule has 5 aromatic rings. The number of halogens is 2. The Morgan fingerprint density at radius 1 is 0.793 bits per heavy atom. The van der Waals surface area contributed by atoms with Gasteiger partial charge in [-0.25, -0.2) is 12.1 Å². The van der Waals surface area contributed by atoms with Gasteiger partial charge in [0.1, 0.15) is 0 Å². The van der Waals surface area contributed by atoms with E-state index in [1.54, 1.807) is 0 Å². The fourth-order valence-corrected chi connectivity index (χ4v) is 3.50. The molecule has 1 nitrogen and oxygen atoms in total. The molecule has 4 aromatic carbocycles. The number of hydrogen-bond donors (Lipinski definition) is 0. The molecule has 0 amide bonds. The van der Waals surface area contributed by atoms with Crippen LogP contribution in [-0.4, -0.2) is 4.57 Å². The molecule has 0 saturated heterocycles. The van der Waals surface area contributed by atoms with Crippen molar-refractivity contribution in [3.05, 3.63) is 102 Å². The smallest absolute Gasteiger partial charge is 1.00 e. The van der Waals surface area contributed by atoms with Crippen molar-refractivity contribution in [3.63, 3.8) is 0 Å². The van der Waals surface area contributed by atoms with Crippen LogP contribution in [0.25, 0.3) is 27.4 Å². The number of para-hydroxylation sites is 1. The molecule has 1 aromatic heterocycles. The molecule has 0 bridgehead atoms. The molecule has 29 heavy (non-hydrogen) atoms. The summed E-state index contributed by atoms with van der Waals surface area (Å²) in [6.07, 6.45) is 0. The maximum Gasteiger partial charge on any atom is 4.00 e. The minimum atomic E-state index is 0. The van der Waals surface area contributed by atoms with Crippen LogP contribution in [0.1, 0.15) is 16.8 Å². The quantitative estimate of drug-likeness (QED) is 0.302. The van der Waals surface area contributed by atoms with Gasteiger partial charge in [-0.05, 0) is 24.7 Å². The van der Waals surface area contributed by atoms with Gasteiger partial charge in [0.05, 0.1) is 5.52 Å². The zero-order chi connectivity index (χ0) is 18.1. The van der Waals surface area contributed by atoms with E-state index >= 15 is 0 Å². The van der Waals surface area contributed by atoms with E-state index in [4.69, 9.17) is 0 Å². The Balaban J connectivity index is 0.000000365. The third-order valence-corrected chi connectivity index (χ3v) is 5.07. The Kier molecular flexibility index (Phi) is 9.63. The summed E-state index contributed by atoms with van der Waals surface area (Å²) in [5, 5.41) is 3.90. The second-order valence-corrected chi connectivity index (χ2v) is 6.91. The second kappa shape index (κ2) is 11.0. The Bertz CT molecular complexity index is 1130. The second-order valence-electron chi connectivity index (χ2n) is 6.91. The SMILES string of the molecule is Cc1cc2ccccc2n1-c1cc2ccccc2[cH-]1.Cc1ccc[c-]1C.[Cl-].[Cl-].[Zr+4]. The first-order chi connectivity index (χ1) is 12.6. The van der Waals surface area contributed by atoms with Crippen molar-refractivity contribution < 1.29 is 51.0 Å². The molecule has 5 rings (SSSR count). The van der Waals surface area contributed by atoms with Crippen molar-refractivity contribution in [2.45, 2.75) is 20.8 Å². The largest absolute Gasteiger partial charge is 4.00 e. The summed E-state index contributed by atoms with van der Waals surface area (Å²) in [5.74, 6) is 0. The van der Waals surface area contributed by atoms with E-state index in [0.29, 0.717) is 0 Å². The number of rotatable bonds is 1. The van der Waals surface area contributed by atoms with Crippen LogP contribution in [0.4, 0.5) is 0 Å². The molecule has 4 heteroatoms. The topological polar surface area (TPSA) is 4.93 Å². The normalized spacial score (nSPS) is 9.76. The van der Waals surface area contributed by atoms with Gasteiger partial charge in [0.25, 0.3) is 0 Å². The van der Waals surface area contributed by atoms with Crippen LogP contribution in [0.5, 0.6) is 0 Å². The molecule has 146 valence electrons. The summed E-state index contributed by atoms with van der Waals surface area (Å²) >= 11 is 0. The summed E-state index contributed by atoms with van der Waals surface area (Å²) in [6.45, 7) is 6.41. The molecule has 0 radical (unpaired) electrons. The first-order valence-corrected chi connectivity index (χ1v) is 9.05. The van der Waals surface area contributed by atoms with E-state index in [2.05, 4.69) is 110 Å². The van der Waals surface area contributed by atoms with Crippen molar-refractivity contribution in [2.75, 3.05) is 0 Å². The minimum absolute atomic E-state index is 0. The number of fused-ring (bicyclic) bond motifs is 2. The van der Waals surface area contributed by atoms with Gasteiger partial charge in [-0.1, -0.05) is 38.1 Å². The van der Waals surface area contributed by atoms with E-state index in [0.717, 1.165) is 0 Å². The molecule has 0 spiro atoms. The van der Waals surface area contributed by atoms with Crippen LogP contribution < -0.4 is 24.8 Å². The fourth-order valence-electron chi connectivity index (χ4n) is 3.50. The third kappa shape index (κ3) is 5.31. The maximum atomic E-state index is 2.33. The van der Waals surface area contributed by atoms with Gasteiger partial charge in [-0.15, -0.1) is 41.1 Å². The molecule has 0 unspecified atom stereocenters. The first-order valence-electron chi connectivity index (χ1n) is 9.05. The van der Waals surface area contributed by atoms with Gasteiger partial charge in [0.2, 0.25) is 0 Å². The Labute approximate surface area is 204 Å². The van der Waals surface area contributed by atoms with Crippen molar-refractivity contribution in [2.24, 2.45) is 0 Å². The molecule has 0 aliphatic heterocycles. The summed E-state index contributed by atoms with van der Waals surface area (Å²) < 4.78 is 2.33. The molecule has 0 saturated carbocycles. The van der Waals surface area contributed by atoms with Crippen molar-refractivity contribution in [3.8, 4) is 5.69 Å². The molecule has 0 fully saturated rings. The van der Waals surface area contributed by atoms with Crippen LogP contribution in [0, 0.1) is 20.8 Å². The predicted molar refractivity (Wildman–Crippen MR) is 113 cm³/mol.